The number of halogens is 2. The number of hydrogen-bond acceptors (Lipinski definition) is 4. The zero-order valence-electron chi connectivity index (χ0n) is 13.5. The summed E-state index contributed by atoms with van der Waals surface area (Å²) < 4.78 is 10.6. The summed E-state index contributed by atoms with van der Waals surface area (Å²) in [6.45, 7) is 1.94. The van der Waals surface area contributed by atoms with Gasteiger partial charge in [0.1, 0.15) is 11.5 Å². The van der Waals surface area contributed by atoms with Crippen LogP contribution in [0.25, 0.3) is 10.9 Å². The first kappa shape index (κ1) is 16.7. The van der Waals surface area contributed by atoms with Gasteiger partial charge in [-0.25, -0.2) is 0 Å². The van der Waals surface area contributed by atoms with Gasteiger partial charge in [-0.2, -0.15) is 0 Å². The highest BCUT2D eigenvalue weighted by Gasteiger charge is 2.11. The molecule has 0 aliphatic rings. The highest BCUT2D eigenvalue weighted by molar-refractivity contribution is 6.37. The summed E-state index contributed by atoms with van der Waals surface area (Å²) in [6, 6.07) is 11.1. The summed E-state index contributed by atoms with van der Waals surface area (Å²) in [6.07, 6.45) is 0. The minimum atomic E-state index is 0.463. The summed E-state index contributed by atoms with van der Waals surface area (Å²) in [4.78, 5) is 4.55. The summed E-state index contributed by atoms with van der Waals surface area (Å²) in [5, 5.41) is 5.25. The van der Waals surface area contributed by atoms with E-state index in [1.54, 1.807) is 26.4 Å². The molecule has 3 aromatic rings. The third kappa shape index (κ3) is 3.21. The van der Waals surface area contributed by atoms with Crippen LogP contribution >= 0.6 is 23.2 Å². The van der Waals surface area contributed by atoms with Crippen molar-refractivity contribution in [2.45, 2.75) is 6.92 Å². The molecule has 0 saturated heterocycles. The molecule has 4 nitrogen and oxygen atoms in total. The van der Waals surface area contributed by atoms with Crippen molar-refractivity contribution in [3.05, 3.63) is 52.1 Å². The van der Waals surface area contributed by atoms with Crippen LogP contribution in [0, 0.1) is 6.92 Å². The maximum absolute atomic E-state index is 6.32. The van der Waals surface area contributed by atoms with E-state index in [2.05, 4.69) is 10.3 Å². The highest BCUT2D eigenvalue weighted by atomic mass is 35.5. The molecule has 3 rings (SSSR count). The largest absolute Gasteiger partial charge is 0.497 e. The summed E-state index contributed by atoms with van der Waals surface area (Å²) in [5.74, 6) is 1.31. The van der Waals surface area contributed by atoms with Crippen molar-refractivity contribution in [1.82, 2.24) is 4.98 Å². The van der Waals surface area contributed by atoms with Crippen LogP contribution in [0.5, 0.6) is 11.5 Å². The lowest BCUT2D eigenvalue weighted by Gasteiger charge is -2.14. The molecule has 24 heavy (non-hydrogen) atoms. The molecule has 0 atom stereocenters. The first-order valence-electron chi connectivity index (χ1n) is 7.27. The summed E-state index contributed by atoms with van der Waals surface area (Å²) >= 11 is 12.4. The first-order chi connectivity index (χ1) is 11.5. The number of ether oxygens (including phenoxy) is 2. The van der Waals surface area contributed by atoms with Gasteiger partial charge in [0.2, 0.25) is 0 Å². The lowest BCUT2D eigenvalue weighted by molar-refractivity contribution is 0.415. The van der Waals surface area contributed by atoms with E-state index in [4.69, 9.17) is 32.7 Å². The van der Waals surface area contributed by atoms with Gasteiger partial charge in [-0.15, -0.1) is 0 Å². The minimum absolute atomic E-state index is 0.463. The van der Waals surface area contributed by atoms with Crippen molar-refractivity contribution < 1.29 is 9.47 Å². The van der Waals surface area contributed by atoms with Crippen LogP contribution in [0.15, 0.2) is 36.4 Å². The monoisotopic (exact) mass is 362 g/mol. The number of anilines is 2. The number of pyridine rings is 1. The third-order valence-electron chi connectivity index (χ3n) is 3.65. The fourth-order valence-electron chi connectivity index (χ4n) is 2.49. The van der Waals surface area contributed by atoms with E-state index >= 15 is 0 Å². The molecule has 124 valence electrons. The van der Waals surface area contributed by atoms with Crippen LogP contribution in [0.3, 0.4) is 0 Å². The molecule has 2 aromatic carbocycles. The zero-order valence-corrected chi connectivity index (χ0v) is 15.0. The zero-order chi connectivity index (χ0) is 17.3. The lowest BCUT2D eigenvalue weighted by Crippen LogP contribution is -1.97. The Morgan fingerprint density at radius 3 is 2.42 bits per heavy atom. The van der Waals surface area contributed by atoms with Crippen molar-refractivity contribution in [3.63, 3.8) is 0 Å². The van der Waals surface area contributed by atoms with Gasteiger partial charge in [-0.3, -0.25) is 4.98 Å². The second kappa shape index (κ2) is 6.75. The summed E-state index contributed by atoms with van der Waals surface area (Å²) in [7, 11) is 3.20. The van der Waals surface area contributed by atoms with E-state index in [-0.39, 0.29) is 0 Å². The van der Waals surface area contributed by atoms with Crippen LogP contribution in [-0.4, -0.2) is 19.2 Å². The minimum Gasteiger partial charge on any atom is -0.497 e. The normalized spacial score (nSPS) is 10.7. The maximum atomic E-state index is 6.32. The van der Waals surface area contributed by atoms with Crippen molar-refractivity contribution in [3.8, 4) is 11.5 Å². The molecule has 0 radical (unpaired) electrons. The lowest BCUT2D eigenvalue weighted by atomic mass is 10.1. The molecular formula is C18H16Cl2N2O2. The van der Waals surface area contributed by atoms with E-state index in [1.165, 1.54) is 0 Å². The van der Waals surface area contributed by atoms with E-state index in [0.29, 0.717) is 21.5 Å². The van der Waals surface area contributed by atoms with Gasteiger partial charge in [-0.1, -0.05) is 23.2 Å². The predicted molar refractivity (Wildman–Crippen MR) is 99.3 cm³/mol. The Hall–Kier alpha value is -2.17. The second-order valence-corrected chi connectivity index (χ2v) is 6.10. The summed E-state index contributed by atoms with van der Waals surface area (Å²) in [5.41, 5.74) is 3.35. The second-order valence-electron chi connectivity index (χ2n) is 5.29. The number of fused-ring (bicyclic) bond motifs is 1. The van der Waals surface area contributed by atoms with Gasteiger partial charge in [0.05, 0.1) is 35.5 Å². The molecule has 1 heterocycles. The Bertz CT molecular complexity index is 913. The Morgan fingerprint density at radius 1 is 0.917 bits per heavy atom. The van der Waals surface area contributed by atoms with Crippen molar-refractivity contribution in [2.24, 2.45) is 0 Å². The number of methoxy groups -OCH3 is 2. The Labute approximate surface area is 150 Å². The van der Waals surface area contributed by atoms with Crippen LogP contribution in [-0.2, 0) is 0 Å². The van der Waals surface area contributed by atoms with E-state index in [9.17, 15) is 0 Å². The smallest absolute Gasteiger partial charge is 0.139 e. The van der Waals surface area contributed by atoms with Crippen LogP contribution in [0.1, 0.15) is 5.69 Å². The Kier molecular flexibility index (Phi) is 4.69. The van der Waals surface area contributed by atoms with E-state index < -0.39 is 0 Å². The molecule has 1 aromatic heterocycles. The topological polar surface area (TPSA) is 43.4 Å². The molecule has 0 saturated carbocycles. The van der Waals surface area contributed by atoms with Gasteiger partial charge in [-0.05, 0) is 37.3 Å². The van der Waals surface area contributed by atoms with Crippen LogP contribution in [0.2, 0.25) is 10.0 Å². The standard InChI is InChI=1S/C18H16Cl2N2O2/c1-10-6-16(12-7-11(23-2)4-5-15(12)21-10)22-17-9-18(24-3)14(20)8-13(17)19/h4-9H,1-3H3,(H,21,22). The van der Waals surface area contributed by atoms with Gasteiger partial charge in [0.25, 0.3) is 0 Å². The fourth-order valence-corrected chi connectivity index (χ4v) is 3.00. The molecule has 0 amide bonds. The number of nitrogens with one attached hydrogen (secondary N) is 1. The molecule has 6 heteroatoms. The van der Waals surface area contributed by atoms with Crippen LogP contribution < -0.4 is 14.8 Å². The molecule has 1 N–H and O–H groups in total. The Balaban J connectivity index is 2.13. The van der Waals surface area contributed by atoms with Gasteiger partial charge in [0.15, 0.2) is 0 Å². The van der Waals surface area contributed by atoms with E-state index in [0.717, 1.165) is 28.0 Å². The van der Waals surface area contributed by atoms with Crippen LogP contribution in [0.4, 0.5) is 11.4 Å². The van der Waals surface area contributed by atoms with Gasteiger partial charge < -0.3 is 14.8 Å². The van der Waals surface area contributed by atoms with Gasteiger partial charge >= 0.3 is 0 Å². The molecule has 0 aliphatic carbocycles. The maximum Gasteiger partial charge on any atom is 0.139 e. The first-order valence-corrected chi connectivity index (χ1v) is 8.03. The third-order valence-corrected chi connectivity index (χ3v) is 4.26. The Morgan fingerprint density at radius 2 is 1.71 bits per heavy atom. The molecule has 0 spiro atoms. The molecule has 0 aliphatic heterocycles. The van der Waals surface area contributed by atoms with Crippen molar-refractivity contribution in [2.75, 3.05) is 19.5 Å². The molecule has 0 bridgehead atoms. The average molecular weight is 363 g/mol. The van der Waals surface area contributed by atoms with Crippen molar-refractivity contribution in [1.29, 1.82) is 0 Å². The highest BCUT2D eigenvalue weighted by Crippen LogP contribution is 2.37. The predicted octanol–water partition coefficient (Wildman–Crippen LogP) is 5.61. The fraction of sp³-hybridized carbons (Fsp3) is 0.167. The number of nitrogens with zero attached hydrogens (tertiary/aromatic N) is 1. The number of aryl methyl sites for hydroxylation is 1. The average Bonchev–Trinajstić information content (AvgIpc) is 2.56. The molecule has 0 unspecified atom stereocenters. The van der Waals surface area contributed by atoms with E-state index in [1.807, 2.05) is 31.2 Å². The van der Waals surface area contributed by atoms with Gasteiger partial charge in [0, 0.05) is 22.8 Å². The molecular weight excluding hydrogens is 347 g/mol. The van der Waals surface area contributed by atoms with Crippen molar-refractivity contribution >= 4 is 45.5 Å². The molecule has 0 fully saturated rings. The number of aromatic nitrogens is 1. The number of rotatable bonds is 4. The SMILES string of the molecule is COc1ccc2nc(C)cc(Nc3cc(OC)c(Cl)cc3Cl)c2c1. The quantitative estimate of drug-likeness (QED) is 0.654. The number of benzene rings is 2. The number of hydrogen-bond donors (Lipinski definition) is 1.